The van der Waals surface area contributed by atoms with E-state index in [1.165, 1.54) is 35.4 Å². The highest BCUT2D eigenvalue weighted by Crippen LogP contribution is 2.32. The summed E-state index contributed by atoms with van der Waals surface area (Å²) in [7, 11) is 1.55. The highest BCUT2D eigenvalue weighted by molar-refractivity contribution is 5.93. The van der Waals surface area contributed by atoms with Gasteiger partial charge in [0.05, 0.1) is 24.0 Å². The molecular formula is C25H31FN6O3. The average molecular weight is 483 g/mol. The van der Waals surface area contributed by atoms with Crippen molar-refractivity contribution in [2.45, 2.75) is 39.8 Å². The fraction of sp³-hybridized carbons (Fsp3) is 0.280. The molecule has 186 valence electrons. The molecule has 10 heteroatoms. The molecule has 0 radical (unpaired) electrons. The molecule has 3 N–H and O–H groups in total. The van der Waals surface area contributed by atoms with Gasteiger partial charge in [-0.1, -0.05) is 19.6 Å². The number of hydrogen-bond donors (Lipinski definition) is 3. The second-order valence-electron chi connectivity index (χ2n) is 7.71. The molecule has 0 aliphatic heterocycles. The van der Waals surface area contributed by atoms with Crippen LogP contribution in [-0.4, -0.2) is 46.9 Å². The molecule has 1 aromatic heterocycles. The summed E-state index contributed by atoms with van der Waals surface area (Å²) in [6, 6.07) is 5.75. The van der Waals surface area contributed by atoms with E-state index in [4.69, 9.17) is 4.74 Å². The minimum Gasteiger partial charge on any atom is -0.490 e. The van der Waals surface area contributed by atoms with Crippen molar-refractivity contribution in [2.75, 3.05) is 7.05 Å². The first-order valence-electron chi connectivity index (χ1n) is 11.0. The summed E-state index contributed by atoms with van der Waals surface area (Å²) in [5, 5.41) is 11.0. The van der Waals surface area contributed by atoms with Gasteiger partial charge in [-0.2, -0.15) is 5.10 Å². The van der Waals surface area contributed by atoms with Crippen LogP contribution < -0.4 is 15.5 Å². The number of aromatic nitrogens is 2. The van der Waals surface area contributed by atoms with Gasteiger partial charge in [0.1, 0.15) is 23.0 Å². The fourth-order valence-electron chi connectivity index (χ4n) is 2.96. The van der Waals surface area contributed by atoms with E-state index >= 15 is 0 Å². The van der Waals surface area contributed by atoms with E-state index in [9.17, 15) is 14.0 Å². The van der Waals surface area contributed by atoms with Gasteiger partial charge < -0.3 is 10.1 Å². The van der Waals surface area contributed by atoms with Crippen LogP contribution >= 0.6 is 0 Å². The summed E-state index contributed by atoms with van der Waals surface area (Å²) >= 11 is 0. The van der Waals surface area contributed by atoms with Gasteiger partial charge in [0.25, 0.3) is 5.91 Å². The molecule has 0 saturated carbocycles. The van der Waals surface area contributed by atoms with Crippen molar-refractivity contribution in [2.24, 2.45) is 4.99 Å². The zero-order chi connectivity index (χ0) is 26.0. The van der Waals surface area contributed by atoms with E-state index < -0.39 is 5.82 Å². The predicted octanol–water partition coefficient (Wildman–Crippen LogP) is 3.59. The molecular weight excluding hydrogens is 451 g/mol. The summed E-state index contributed by atoms with van der Waals surface area (Å²) in [4.78, 5) is 28.2. The fourth-order valence-corrected chi connectivity index (χ4v) is 2.96. The standard InChI is InChI=1S/C25H31FN6O3/c1-7-9-10-23(34)32(6)31-24(19-12-11-17(26)13-21(19)35-16(3)4)25(27-5)20-14-18(29-30-20)15-28-22(33)8-2/h8-14,16,31H,2,5,7,15H2,1,3-4,6H3,(H,28,33)(H,29,30)/b10-9-,25-24-. The molecule has 1 aromatic carbocycles. The minimum atomic E-state index is -0.479. The molecule has 0 saturated heterocycles. The van der Waals surface area contributed by atoms with E-state index in [2.05, 4.69) is 39.2 Å². The SMILES string of the molecule is C=CC(=O)NCc1cc(/C(N=C)=C(/NN(C)C(=O)/C=C\CC)c2ccc(F)cc2OC(C)C)n[nH]1. The molecule has 0 aliphatic carbocycles. The second-order valence-corrected chi connectivity index (χ2v) is 7.71. The number of amides is 2. The lowest BCUT2D eigenvalue weighted by Crippen LogP contribution is -2.38. The number of ether oxygens (including phenoxy) is 1. The van der Waals surface area contributed by atoms with Crippen molar-refractivity contribution in [3.05, 3.63) is 71.8 Å². The minimum absolute atomic E-state index is 0.184. The molecule has 2 amide bonds. The molecule has 0 aliphatic rings. The van der Waals surface area contributed by atoms with Gasteiger partial charge in [0.15, 0.2) is 0 Å². The van der Waals surface area contributed by atoms with Gasteiger partial charge in [-0.05, 0) is 51.3 Å². The van der Waals surface area contributed by atoms with Gasteiger partial charge in [-0.25, -0.2) is 4.39 Å². The zero-order valence-corrected chi connectivity index (χ0v) is 20.4. The lowest BCUT2D eigenvalue weighted by molar-refractivity contribution is -0.126. The number of aromatic amines is 1. The Labute approximate surface area is 204 Å². The monoisotopic (exact) mass is 482 g/mol. The summed E-state index contributed by atoms with van der Waals surface area (Å²) in [5.74, 6) is -0.867. The summed E-state index contributed by atoms with van der Waals surface area (Å²) < 4.78 is 19.9. The number of carbonyl (C=O) groups is 2. The van der Waals surface area contributed by atoms with E-state index in [-0.39, 0.29) is 35.9 Å². The number of likely N-dealkylation sites (N-methyl/N-ethyl adjacent to an activating group) is 1. The number of allylic oxidation sites excluding steroid dienone is 1. The molecule has 0 fully saturated rings. The Hall–Kier alpha value is -4.21. The molecule has 0 unspecified atom stereocenters. The van der Waals surface area contributed by atoms with Crippen molar-refractivity contribution >= 4 is 29.9 Å². The Balaban J connectivity index is 2.61. The van der Waals surface area contributed by atoms with Gasteiger partial charge in [-0.3, -0.25) is 30.1 Å². The van der Waals surface area contributed by atoms with Crippen LogP contribution in [0.2, 0.25) is 0 Å². The topological polar surface area (TPSA) is 112 Å². The van der Waals surface area contributed by atoms with Crippen molar-refractivity contribution < 1.29 is 18.7 Å². The first-order chi connectivity index (χ1) is 16.7. The predicted molar refractivity (Wildman–Crippen MR) is 134 cm³/mol. The largest absolute Gasteiger partial charge is 0.490 e. The summed E-state index contributed by atoms with van der Waals surface area (Å²) in [6.07, 6.45) is 4.80. The Morgan fingerprint density at radius 1 is 1.34 bits per heavy atom. The van der Waals surface area contributed by atoms with Gasteiger partial charge >= 0.3 is 0 Å². The summed E-state index contributed by atoms with van der Waals surface area (Å²) in [5.41, 5.74) is 5.07. The van der Waals surface area contributed by atoms with Crippen LogP contribution in [0, 0.1) is 5.82 Å². The van der Waals surface area contributed by atoms with Crippen LogP contribution in [0.3, 0.4) is 0 Å². The maximum absolute atomic E-state index is 14.1. The summed E-state index contributed by atoms with van der Waals surface area (Å²) in [6.45, 7) is 12.8. The normalized spacial score (nSPS) is 11.7. The Morgan fingerprint density at radius 3 is 2.71 bits per heavy atom. The smallest absolute Gasteiger partial charge is 0.264 e. The molecule has 0 spiro atoms. The lowest BCUT2D eigenvalue weighted by Gasteiger charge is -2.24. The molecule has 0 bridgehead atoms. The highest BCUT2D eigenvalue weighted by Gasteiger charge is 2.21. The number of aliphatic imine (C=N–C) groups is 1. The van der Waals surface area contributed by atoms with E-state index in [0.717, 1.165) is 0 Å². The number of hydrazine groups is 1. The first kappa shape index (κ1) is 27.0. The van der Waals surface area contributed by atoms with Crippen molar-refractivity contribution in [1.29, 1.82) is 0 Å². The van der Waals surface area contributed by atoms with Crippen LogP contribution in [0.25, 0.3) is 11.4 Å². The first-order valence-corrected chi connectivity index (χ1v) is 11.0. The maximum atomic E-state index is 14.1. The highest BCUT2D eigenvalue weighted by atomic mass is 19.1. The van der Waals surface area contributed by atoms with Gasteiger partial charge in [0, 0.05) is 24.8 Å². The van der Waals surface area contributed by atoms with Crippen LogP contribution in [0.5, 0.6) is 5.75 Å². The van der Waals surface area contributed by atoms with E-state index in [1.807, 2.05) is 20.8 Å². The average Bonchev–Trinajstić information content (AvgIpc) is 3.29. The number of nitrogens with one attached hydrogen (secondary N) is 3. The Morgan fingerprint density at radius 2 is 2.09 bits per heavy atom. The van der Waals surface area contributed by atoms with E-state index in [0.29, 0.717) is 29.1 Å². The Kier molecular flexibility index (Phi) is 9.95. The molecule has 9 nitrogen and oxygen atoms in total. The van der Waals surface area contributed by atoms with Crippen LogP contribution in [0.4, 0.5) is 4.39 Å². The number of carbonyl (C=O) groups excluding carboxylic acids is 2. The zero-order valence-electron chi connectivity index (χ0n) is 20.4. The molecule has 0 atom stereocenters. The number of halogens is 1. The molecule has 2 rings (SSSR count). The van der Waals surface area contributed by atoms with Gasteiger partial charge in [0.2, 0.25) is 5.91 Å². The van der Waals surface area contributed by atoms with Crippen molar-refractivity contribution in [3.63, 3.8) is 0 Å². The Bertz CT molecular complexity index is 1140. The molecule has 1 heterocycles. The number of nitrogens with zero attached hydrogens (tertiary/aromatic N) is 3. The van der Waals surface area contributed by atoms with Crippen molar-refractivity contribution in [3.8, 4) is 5.75 Å². The number of benzene rings is 1. The van der Waals surface area contributed by atoms with Crippen LogP contribution in [-0.2, 0) is 16.1 Å². The maximum Gasteiger partial charge on any atom is 0.264 e. The lowest BCUT2D eigenvalue weighted by atomic mass is 10.1. The molecule has 2 aromatic rings. The quantitative estimate of drug-likeness (QED) is 0.243. The third kappa shape index (κ3) is 7.66. The third-order valence-corrected chi connectivity index (χ3v) is 4.59. The van der Waals surface area contributed by atoms with Crippen LogP contribution in [0.1, 0.15) is 44.1 Å². The number of rotatable bonds is 12. The molecule has 35 heavy (non-hydrogen) atoms. The van der Waals surface area contributed by atoms with Crippen molar-refractivity contribution in [1.82, 2.24) is 25.9 Å². The third-order valence-electron chi connectivity index (χ3n) is 4.59. The van der Waals surface area contributed by atoms with Crippen LogP contribution in [0.15, 0.2) is 54.1 Å². The van der Waals surface area contributed by atoms with E-state index in [1.54, 1.807) is 19.2 Å². The number of hydrogen-bond acceptors (Lipinski definition) is 6. The second kappa shape index (κ2) is 12.9. The number of H-pyrrole nitrogens is 1. The van der Waals surface area contributed by atoms with Gasteiger partial charge in [-0.15, -0.1) is 0 Å².